The zero-order valence-electron chi connectivity index (χ0n) is 10.9. The summed E-state index contributed by atoms with van der Waals surface area (Å²) in [6, 6.07) is 3.42. The van der Waals surface area contributed by atoms with Gasteiger partial charge < -0.3 is 15.4 Å². The standard InChI is InChI=1S/C12H20N4O2/c1-3-7-13-11-6-5-10(15-16-11)12(17)14-8-4-9-18-2/h5-6H,3-4,7-9H2,1-2H3,(H,13,16)(H,14,17). The molecule has 0 spiro atoms. The van der Waals surface area contributed by atoms with E-state index in [1.807, 2.05) is 0 Å². The molecule has 0 unspecified atom stereocenters. The maximum absolute atomic E-state index is 11.7. The molecular formula is C12H20N4O2. The van der Waals surface area contributed by atoms with E-state index in [1.54, 1.807) is 19.2 Å². The van der Waals surface area contributed by atoms with Crippen LogP contribution in [0.15, 0.2) is 12.1 Å². The summed E-state index contributed by atoms with van der Waals surface area (Å²) in [5, 5.41) is 13.7. The molecule has 0 saturated heterocycles. The first-order valence-electron chi connectivity index (χ1n) is 6.12. The Labute approximate surface area is 107 Å². The fourth-order valence-corrected chi connectivity index (χ4v) is 1.31. The molecule has 1 aromatic heterocycles. The number of hydrogen-bond acceptors (Lipinski definition) is 5. The van der Waals surface area contributed by atoms with Gasteiger partial charge in [0, 0.05) is 26.8 Å². The molecule has 6 heteroatoms. The SMILES string of the molecule is CCCNc1ccc(C(=O)NCCCOC)nn1. The van der Waals surface area contributed by atoms with Crippen LogP contribution in [0, 0.1) is 0 Å². The smallest absolute Gasteiger partial charge is 0.271 e. The van der Waals surface area contributed by atoms with Gasteiger partial charge in [-0.15, -0.1) is 10.2 Å². The van der Waals surface area contributed by atoms with E-state index in [4.69, 9.17) is 4.74 Å². The van der Waals surface area contributed by atoms with Gasteiger partial charge in [-0.05, 0) is 25.0 Å². The van der Waals surface area contributed by atoms with Crippen molar-refractivity contribution in [2.45, 2.75) is 19.8 Å². The first-order valence-corrected chi connectivity index (χ1v) is 6.12. The van der Waals surface area contributed by atoms with Crippen molar-refractivity contribution in [3.05, 3.63) is 17.8 Å². The van der Waals surface area contributed by atoms with Gasteiger partial charge in [0.2, 0.25) is 0 Å². The number of anilines is 1. The van der Waals surface area contributed by atoms with E-state index in [0.29, 0.717) is 24.7 Å². The van der Waals surface area contributed by atoms with Crippen molar-refractivity contribution in [1.82, 2.24) is 15.5 Å². The Morgan fingerprint density at radius 2 is 2.17 bits per heavy atom. The number of aromatic nitrogens is 2. The van der Waals surface area contributed by atoms with Crippen LogP contribution >= 0.6 is 0 Å². The van der Waals surface area contributed by atoms with Crippen LogP contribution in [-0.4, -0.2) is 42.9 Å². The minimum Gasteiger partial charge on any atom is -0.385 e. The van der Waals surface area contributed by atoms with Crippen molar-refractivity contribution in [1.29, 1.82) is 0 Å². The van der Waals surface area contributed by atoms with E-state index in [9.17, 15) is 4.79 Å². The number of rotatable bonds is 8. The molecule has 1 aromatic rings. The predicted molar refractivity (Wildman–Crippen MR) is 69.6 cm³/mol. The molecule has 0 aromatic carbocycles. The van der Waals surface area contributed by atoms with E-state index >= 15 is 0 Å². The van der Waals surface area contributed by atoms with E-state index < -0.39 is 0 Å². The second-order valence-corrected chi connectivity index (χ2v) is 3.83. The van der Waals surface area contributed by atoms with Crippen molar-refractivity contribution in [3.8, 4) is 0 Å². The topological polar surface area (TPSA) is 76.1 Å². The molecule has 0 fully saturated rings. The zero-order valence-corrected chi connectivity index (χ0v) is 10.9. The van der Waals surface area contributed by atoms with E-state index in [1.165, 1.54) is 0 Å². The third-order valence-electron chi connectivity index (χ3n) is 2.26. The molecule has 0 aliphatic rings. The molecule has 0 saturated carbocycles. The highest BCUT2D eigenvalue weighted by atomic mass is 16.5. The number of nitrogens with one attached hydrogen (secondary N) is 2. The number of nitrogens with zero attached hydrogens (tertiary/aromatic N) is 2. The lowest BCUT2D eigenvalue weighted by molar-refractivity contribution is 0.0942. The predicted octanol–water partition coefficient (Wildman–Crippen LogP) is 1.06. The molecule has 0 bridgehead atoms. The van der Waals surface area contributed by atoms with Gasteiger partial charge >= 0.3 is 0 Å². The Hall–Kier alpha value is -1.69. The van der Waals surface area contributed by atoms with Crippen molar-refractivity contribution < 1.29 is 9.53 Å². The fourth-order valence-electron chi connectivity index (χ4n) is 1.31. The first-order chi connectivity index (χ1) is 8.77. The third-order valence-corrected chi connectivity index (χ3v) is 2.26. The molecule has 0 atom stereocenters. The molecule has 1 rings (SSSR count). The van der Waals surface area contributed by atoms with Crippen molar-refractivity contribution in [2.24, 2.45) is 0 Å². The van der Waals surface area contributed by atoms with E-state index in [0.717, 1.165) is 19.4 Å². The Balaban J connectivity index is 2.38. The highest BCUT2D eigenvalue weighted by molar-refractivity contribution is 5.92. The number of carbonyl (C=O) groups excluding carboxylic acids is 1. The van der Waals surface area contributed by atoms with Crippen LogP contribution in [0.3, 0.4) is 0 Å². The number of hydrogen-bond donors (Lipinski definition) is 2. The molecule has 2 N–H and O–H groups in total. The Bertz CT molecular complexity index is 354. The molecule has 1 amide bonds. The van der Waals surface area contributed by atoms with Crippen LogP contribution in [0.4, 0.5) is 5.82 Å². The zero-order chi connectivity index (χ0) is 13.2. The molecule has 0 aliphatic heterocycles. The van der Waals surface area contributed by atoms with Crippen LogP contribution in [0.25, 0.3) is 0 Å². The molecule has 6 nitrogen and oxygen atoms in total. The van der Waals surface area contributed by atoms with Crippen molar-refractivity contribution in [3.63, 3.8) is 0 Å². The maximum atomic E-state index is 11.7. The minimum absolute atomic E-state index is 0.208. The summed E-state index contributed by atoms with van der Waals surface area (Å²) in [5.41, 5.74) is 0.328. The van der Waals surface area contributed by atoms with Gasteiger partial charge in [0.15, 0.2) is 5.69 Å². The molecule has 100 valence electrons. The number of methoxy groups -OCH3 is 1. The highest BCUT2D eigenvalue weighted by Gasteiger charge is 2.06. The monoisotopic (exact) mass is 252 g/mol. The van der Waals surface area contributed by atoms with Gasteiger partial charge in [0.05, 0.1) is 0 Å². The van der Waals surface area contributed by atoms with E-state index in [-0.39, 0.29) is 5.91 Å². The summed E-state index contributed by atoms with van der Waals surface area (Å²) in [7, 11) is 1.63. The normalized spacial score (nSPS) is 10.1. The second-order valence-electron chi connectivity index (χ2n) is 3.83. The maximum Gasteiger partial charge on any atom is 0.271 e. The van der Waals surface area contributed by atoms with Gasteiger partial charge in [-0.3, -0.25) is 4.79 Å². The van der Waals surface area contributed by atoms with Crippen LogP contribution in [0.1, 0.15) is 30.3 Å². The first kappa shape index (κ1) is 14.4. The summed E-state index contributed by atoms with van der Waals surface area (Å²) in [6.07, 6.45) is 1.80. The van der Waals surface area contributed by atoms with Gasteiger partial charge in [-0.25, -0.2) is 0 Å². The number of carbonyl (C=O) groups is 1. The average Bonchev–Trinajstić information content (AvgIpc) is 2.41. The van der Waals surface area contributed by atoms with Crippen LogP contribution in [0.5, 0.6) is 0 Å². The highest BCUT2D eigenvalue weighted by Crippen LogP contribution is 2.01. The lowest BCUT2D eigenvalue weighted by Crippen LogP contribution is -2.26. The van der Waals surface area contributed by atoms with Gasteiger partial charge in [-0.2, -0.15) is 0 Å². The Morgan fingerprint density at radius 1 is 1.33 bits per heavy atom. The van der Waals surface area contributed by atoms with Crippen molar-refractivity contribution >= 4 is 11.7 Å². The van der Waals surface area contributed by atoms with E-state index in [2.05, 4.69) is 27.8 Å². The van der Waals surface area contributed by atoms with Gasteiger partial charge in [0.1, 0.15) is 5.82 Å². The molecule has 1 heterocycles. The van der Waals surface area contributed by atoms with Crippen LogP contribution in [-0.2, 0) is 4.74 Å². The molecule has 18 heavy (non-hydrogen) atoms. The summed E-state index contributed by atoms with van der Waals surface area (Å²) in [6.45, 7) is 4.12. The minimum atomic E-state index is -0.208. The van der Waals surface area contributed by atoms with Gasteiger partial charge in [0.25, 0.3) is 5.91 Å². The lowest BCUT2D eigenvalue weighted by Gasteiger charge is -2.05. The Kier molecular flexibility index (Phi) is 6.71. The van der Waals surface area contributed by atoms with Crippen LogP contribution < -0.4 is 10.6 Å². The summed E-state index contributed by atoms with van der Waals surface area (Å²) >= 11 is 0. The number of amides is 1. The summed E-state index contributed by atoms with van der Waals surface area (Å²) < 4.78 is 4.90. The second kappa shape index (κ2) is 8.41. The molecule has 0 radical (unpaired) electrons. The fraction of sp³-hybridized carbons (Fsp3) is 0.583. The number of ether oxygens (including phenoxy) is 1. The largest absolute Gasteiger partial charge is 0.385 e. The average molecular weight is 252 g/mol. The Morgan fingerprint density at radius 3 is 2.78 bits per heavy atom. The van der Waals surface area contributed by atoms with Crippen molar-refractivity contribution in [2.75, 3.05) is 32.1 Å². The summed E-state index contributed by atoms with van der Waals surface area (Å²) in [5.74, 6) is 0.480. The van der Waals surface area contributed by atoms with Crippen LogP contribution in [0.2, 0.25) is 0 Å². The third kappa shape index (κ3) is 5.09. The lowest BCUT2D eigenvalue weighted by atomic mass is 10.3. The summed E-state index contributed by atoms with van der Waals surface area (Å²) in [4.78, 5) is 11.7. The van der Waals surface area contributed by atoms with Gasteiger partial charge in [-0.1, -0.05) is 6.92 Å². The quantitative estimate of drug-likeness (QED) is 0.677. The molecular weight excluding hydrogens is 232 g/mol. The molecule has 0 aliphatic carbocycles.